The quantitative estimate of drug-likeness (QED) is 0.457. The van der Waals surface area contributed by atoms with E-state index >= 15 is 0 Å². The largest absolute Gasteiger partial charge is 0.376 e. The van der Waals surface area contributed by atoms with Gasteiger partial charge in [0.1, 0.15) is 0 Å². The first-order chi connectivity index (χ1) is 15.9. The fourth-order valence-corrected chi connectivity index (χ4v) is 3.19. The summed E-state index contributed by atoms with van der Waals surface area (Å²) in [5.74, 6) is -0.411. The number of hydrogen-bond donors (Lipinski definition) is 3. The summed E-state index contributed by atoms with van der Waals surface area (Å²) in [5, 5.41) is 8.63. The Morgan fingerprint density at radius 3 is 2.12 bits per heavy atom. The number of carbonyl (C=O) groups excluding carboxylic acids is 3. The summed E-state index contributed by atoms with van der Waals surface area (Å²) in [7, 11) is 1.75. The van der Waals surface area contributed by atoms with Gasteiger partial charge in [-0.15, -0.1) is 0 Å². The SMILES string of the molecule is CCC(=O)Nc1ccc(NCC(=O)Nc2cccc(C(=O)N(C)Cc3ccccc3)c2)cc1. The molecule has 0 aromatic heterocycles. The number of hydrogen-bond acceptors (Lipinski definition) is 4. The highest BCUT2D eigenvalue weighted by Gasteiger charge is 2.13. The van der Waals surface area contributed by atoms with E-state index in [-0.39, 0.29) is 24.3 Å². The standard InChI is InChI=1S/C26H28N4O3/c1-3-24(31)28-22-14-12-21(13-15-22)27-17-25(32)29-23-11-7-10-20(16-23)26(33)30(2)18-19-8-5-4-6-9-19/h4-16,27H,3,17-18H2,1-2H3,(H,28,31)(H,29,32). The van der Waals surface area contributed by atoms with Gasteiger partial charge in [0.05, 0.1) is 6.54 Å². The highest BCUT2D eigenvalue weighted by atomic mass is 16.2. The van der Waals surface area contributed by atoms with Gasteiger partial charge in [0.2, 0.25) is 11.8 Å². The highest BCUT2D eigenvalue weighted by Crippen LogP contribution is 2.15. The van der Waals surface area contributed by atoms with Crippen molar-refractivity contribution >= 4 is 34.8 Å². The smallest absolute Gasteiger partial charge is 0.253 e. The van der Waals surface area contributed by atoms with Gasteiger partial charge in [-0.05, 0) is 48.0 Å². The summed E-state index contributed by atoms with van der Waals surface area (Å²) >= 11 is 0. The second kappa shape index (κ2) is 11.5. The molecule has 3 amide bonds. The zero-order valence-electron chi connectivity index (χ0n) is 18.8. The van der Waals surface area contributed by atoms with Gasteiger partial charge < -0.3 is 20.9 Å². The molecule has 3 aromatic rings. The molecule has 0 fully saturated rings. The molecule has 0 aliphatic rings. The topological polar surface area (TPSA) is 90.5 Å². The number of nitrogens with one attached hydrogen (secondary N) is 3. The molecule has 3 aromatic carbocycles. The van der Waals surface area contributed by atoms with Gasteiger partial charge in [-0.1, -0.05) is 43.3 Å². The van der Waals surface area contributed by atoms with Gasteiger partial charge in [0.15, 0.2) is 0 Å². The minimum absolute atomic E-state index is 0.0536. The molecular formula is C26H28N4O3. The van der Waals surface area contributed by atoms with E-state index in [1.54, 1.807) is 67.4 Å². The summed E-state index contributed by atoms with van der Waals surface area (Å²) in [5.41, 5.74) is 3.56. The van der Waals surface area contributed by atoms with Crippen LogP contribution in [0.2, 0.25) is 0 Å². The Hall–Kier alpha value is -4.13. The van der Waals surface area contributed by atoms with Gasteiger partial charge in [0.25, 0.3) is 5.91 Å². The first-order valence-electron chi connectivity index (χ1n) is 10.8. The average molecular weight is 445 g/mol. The van der Waals surface area contributed by atoms with Crippen molar-refractivity contribution in [3.63, 3.8) is 0 Å². The van der Waals surface area contributed by atoms with Crippen molar-refractivity contribution in [2.75, 3.05) is 29.5 Å². The van der Waals surface area contributed by atoms with E-state index in [9.17, 15) is 14.4 Å². The number of benzene rings is 3. The molecule has 7 nitrogen and oxygen atoms in total. The lowest BCUT2D eigenvalue weighted by Gasteiger charge is -2.18. The second-order valence-electron chi connectivity index (χ2n) is 7.61. The van der Waals surface area contributed by atoms with Crippen LogP contribution in [0.4, 0.5) is 17.1 Å². The Kier molecular flexibility index (Phi) is 8.18. The van der Waals surface area contributed by atoms with E-state index in [0.717, 1.165) is 11.3 Å². The third-order valence-electron chi connectivity index (χ3n) is 4.95. The van der Waals surface area contributed by atoms with E-state index < -0.39 is 0 Å². The first kappa shape index (κ1) is 23.5. The molecule has 33 heavy (non-hydrogen) atoms. The van der Waals surface area contributed by atoms with Crippen molar-refractivity contribution in [1.29, 1.82) is 0 Å². The molecule has 0 saturated carbocycles. The Morgan fingerprint density at radius 1 is 0.758 bits per heavy atom. The summed E-state index contributed by atoms with van der Waals surface area (Å²) in [6, 6.07) is 23.8. The zero-order valence-corrected chi connectivity index (χ0v) is 18.8. The number of carbonyl (C=O) groups is 3. The van der Waals surface area contributed by atoms with Crippen LogP contribution in [0.5, 0.6) is 0 Å². The molecule has 0 aliphatic carbocycles. The molecule has 0 spiro atoms. The van der Waals surface area contributed by atoms with Crippen molar-refractivity contribution in [2.24, 2.45) is 0 Å². The summed E-state index contributed by atoms with van der Waals surface area (Å²) in [6.45, 7) is 2.35. The molecule has 0 radical (unpaired) electrons. The van der Waals surface area contributed by atoms with Crippen molar-refractivity contribution in [2.45, 2.75) is 19.9 Å². The zero-order chi connectivity index (χ0) is 23.6. The van der Waals surface area contributed by atoms with Gasteiger partial charge in [-0.25, -0.2) is 0 Å². The number of nitrogens with zero attached hydrogens (tertiary/aromatic N) is 1. The molecule has 0 atom stereocenters. The Labute approximate surface area is 193 Å². The van der Waals surface area contributed by atoms with Crippen LogP contribution in [-0.4, -0.2) is 36.2 Å². The molecular weight excluding hydrogens is 416 g/mol. The van der Waals surface area contributed by atoms with Gasteiger partial charge in [0, 0.05) is 42.6 Å². The van der Waals surface area contributed by atoms with Crippen LogP contribution in [0.3, 0.4) is 0 Å². The van der Waals surface area contributed by atoms with Crippen molar-refractivity contribution in [1.82, 2.24) is 4.90 Å². The van der Waals surface area contributed by atoms with Gasteiger partial charge >= 0.3 is 0 Å². The van der Waals surface area contributed by atoms with Crippen LogP contribution in [0.25, 0.3) is 0 Å². The van der Waals surface area contributed by atoms with Crippen LogP contribution in [0.15, 0.2) is 78.9 Å². The van der Waals surface area contributed by atoms with E-state index in [1.807, 2.05) is 30.3 Å². The number of rotatable bonds is 9. The lowest BCUT2D eigenvalue weighted by atomic mass is 10.1. The van der Waals surface area contributed by atoms with E-state index in [0.29, 0.717) is 29.9 Å². The normalized spacial score (nSPS) is 10.2. The molecule has 0 aliphatic heterocycles. The van der Waals surface area contributed by atoms with Crippen LogP contribution in [-0.2, 0) is 16.1 Å². The lowest BCUT2D eigenvalue weighted by molar-refractivity contribution is -0.116. The van der Waals surface area contributed by atoms with Crippen LogP contribution >= 0.6 is 0 Å². The van der Waals surface area contributed by atoms with E-state index in [2.05, 4.69) is 16.0 Å². The van der Waals surface area contributed by atoms with E-state index in [4.69, 9.17) is 0 Å². The summed E-state index contributed by atoms with van der Waals surface area (Å²) in [4.78, 5) is 38.2. The number of anilines is 3. The van der Waals surface area contributed by atoms with Crippen molar-refractivity contribution < 1.29 is 14.4 Å². The van der Waals surface area contributed by atoms with Crippen molar-refractivity contribution in [3.8, 4) is 0 Å². The minimum Gasteiger partial charge on any atom is -0.376 e. The maximum absolute atomic E-state index is 12.8. The molecule has 3 rings (SSSR count). The van der Waals surface area contributed by atoms with Gasteiger partial charge in [-0.2, -0.15) is 0 Å². The molecule has 0 saturated heterocycles. The molecule has 3 N–H and O–H groups in total. The third kappa shape index (κ3) is 7.21. The Balaban J connectivity index is 1.52. The summed E-state index contributed by atoms with van der Waals surface area (Å²) < 4.78 is 0. The fraction of sp³-hybridized carbons (Fsp3) is 0.192. The molecule has 0 bridgehead atoms. The Morgan fingerprint density at radius 2 is 1.42 bits per heavy atom. The van der Waals surface area contributed by atoms with E-state index in [1.165, 1.54) is 0 Å². The second-order valence-corrected chi connectivity index (χ2v) is 7.61. The predicted molar refractivity (Wildman–Crippen MR) is 131 cm³/mol. The molecule has 0 unspecified atom stereocenters. The van der Waals surface area contributed by atoms with Crippen LogP contribution in [0, 0.1) is 0 Å². The minimum atomic E-state index is -0.236. The molecule has 170 valence electrons. The summed E-state index contributed by atoms with van der Waals surface area (Å²) in [6.07, 6.45) is 0.413. The molecule has 0 heterocycles. The van der Waals surface area contributed by atoms with Crippen LogP contribution in [0.1, 0.15) is 29.3 Å². The monoisotopic (exact) mass is 444 g/mol. The third-order valence-corrected chi connectivity index (χ3v) is 4.95. The fourth-order valence-electron chi connectivity index (χ4n) is 3.19. The highest BCUT2D eigenvalue weighted by molar-refractivity contribution is 5.98. The van der Waals surface area contributed by atoms with Crippen LogP contribution < -0.4 is 16.0 Å². The maximum atomic E-state index is 12.8. The lowest BCUT2D eigenvalue weighted by Crippen LogP contribution is -2.26. The number of amides is 3. The predicted octanol–water partition coefficient (Wildman–Crippen LogP) is 4.36. The first-order valence-corrected chi connectivity index (χ1v) is 10.8. The van der Waals surface area contributed by atoms with Gasteiger partial charge in [-0.3, -0.25) is 14.4 Å². The average Bonchev–Trinajstić information content (AvgIpc) is 2.83. The van der Waals surface area contributed by atoms with Crippen molar-refractivity contribution in [3.05, 3.63) is 90.0 Å². The maximum Gasteiger partial charge on any atom is 0.253 e. The Bertz CT molecular complexity index is 1100. The molecule has 7 heteroatoms.